The highest BCUT2D eigenvalue weighted by Crippen LogP contribution is 2.34. The number of furan rings is 1. The van der Waals surface area contributed by atoms with Gasteiger partial charge in [-0.05, 0) is 69.1 Å². The summed E-state index contributed by atoms with van der Waals surface area (Å²) in [5.74, 6) is 1.90. The average molecular weight is 576 g/mol. The normalized spacial score (nSPS) is 11.6. The maximum absolute atomic E-state index is 6.07. The predicted molar refractivity (Wildman–Crippen MR) is 184 cm³/mol. The van der Waals surface area contributed by atoms with E-state index in [1.807, 2.05) is 60.7 Å². The van der Waals surface area contributed by atoms with E-state index in [4.69, 9.17) is 19.4 Å². The molecule has 7 aromatic carbocycles. The van der Waals surface area contributed by atoms with Crippen molar-refractivity contribution in [3.8, 4) is 45.3 Å². The quantitative estimate of drug-likeness (QED) is 0.209. The first-order chi connectivity index (χ1) is 22.3. The second kappa shape index (κ2) is 10.2. The minimum Gasteiger partial charge on any atom is -0.456 e. The Balaban J connectivity index is 1.17. The van der Waals surface area contributed by atoms with Crippen LogP contribution in [0.15, 0.2) is 156 Å². The molecule has 0 fully saturated rings. The standard InChI is InChI=1S/C41H25N3O/c1-2-10-27(11-3-1)39-42-40(44-41(43-39)32-21-22-38-36(25-32)35-14-6-7-16-37(35)45-38)31-20-18-28-23-30(19-17-29(28)24-31)34-15-8-12-26-9-4-5-13-33(26)34/h1-25H. The van der Waals surface area contributed by atoms with Crippen LogP contribution in [0.3, 0.4) is 0 Å². The van der Waals surface area contributed by atoms with Gasteiger partial charge in [0.1, 0.15) is 11.2 Å². The van der Waals surface area contributed by atoms with Crippen LogP contribution in [0, 0.1) is 0 Å². The molecule has 4 heteroatoms. The molecule has 0 aliphatic heterocycles. The van der Waals surface area contributed by atoms with Crippen molar-refractivity contribution in [1.82, 2.24) is 15.0 Å². The lowest BCUT2D eigenvalue weighted by atomic mass is 9.96. The fourth-order valence-corrected chi connectivity index (χ4v) is 6.25. The highest BCUT2D eigenvalue weighted by molar-refractivity contribution is 6.06. The van der Waals surface area contributed by atoms with E-state index in [0.29, 0.717) is 17.5 Å². The molecule has 0 bridgehead atoms. The predicted octanol–water partition coefficient (Wildman–Crippen LogP) is 10.7. The summed E-state index contributed by atoms with van der Waals surface area (Å²) < 4.78 is 6.07. The summed E-state index contributed by atoms with van der Waals surface area (Å²) in [6.07, 6.45) is 0. The van der Waals surface area contributed by atoms with Gasteiger partial charge in [0, 0.05) is 27.5 Å². The molecule has 0 spiro atoms. The van der Waals surface area contributed by atoms with E-state index < -0.39 is 0 Å². The number of nitrogens with zero attached hydrogens (tertiary/aromatic N) is 3. The minimum atomic E-state index is 0.623. The van der Waals surface area contributed by atoms with E-state index in [-0.39, 0.29) is 0 Å². The number of hydrogen-bond acceptors (Lipinski definition) is 4. The summed E-state index contributed by atoms with van der Waals surface area (Å²) in [7, 11) is 0. The zero-order valence-electron chi connectivity index (χ0n) is 24.2. The third-order valence-electron chi connectivity index (χ3n) is 8.50. The van der Waals surface area contributed by atoms with Crippen LogP contribution >= 0.6 is 0 Å². The third-order valence-corrected chi connectivity index (χ3v) is 8.50. The van der Waals surface area contributed by atoms with Crippen LogP contribution in [0.4, 0.5) is 0 Å². The van der Waals surface area contributed by atoms with Crippen LogP contribution in [0.1, 0.15) is 0 Å². The van der Waals surface area contributed by atoms with Crippen molar-refractivity contribution in [1.29, 1.82) is 0 Å². The Labute approximate surface area is 259 Å². The van der Waals surface area contributed by atoms with Crippen LogP contribution in [0.25, 0.3) is 88.8 Å². The summed E-state index contributed by atoms with van der Waals surface area (Å²) >= 11 is 0. The molecule has 0 unspecified atom stereocenters. The first-order valence-electron chi connectivity index (χ1n) is 15.0. The lowest BCUT2D eigenvalue weighted by molar-refractivity contribution is 0.669. The first-order valence-corrected chi connectivity index (χ1v) is 15.0. The highest BCUT2D eigenvalue weighted by atomic mass is 16.3. The van der Waals surface area contributed by atoms with Crippen molar-refractivity contribution >= 4 is 43.5 Å². The van der Waals surface area contributed by atoms with Gasteiger partial charge in [-0.25, -0.2) is 15.0 Å². The molecule has 0 amide bonds. The zero-order chi connectivity index (χ0) is 29.7. The van der Waals surface area contributed by atoms with Crippen LogP contribution in [0.2, 0.25) is 0 Å². The summed E-state index contributed by atoms with van der Waals surface area (Å²) in [4.78, 5) is 14.9. The summed E-state index contributed by atoms with van der Waals surface area (Å²) in [5.41, 5.74) is 6.93. The van der Waals surface area contributed by atoms with Gasteiger partial charge in [-0.2, -0.15) is 0 Å². The molecule has 9 aromatic rings. The van der Waals surface area contributed by atoms with Crippen molar-refractivity contribution in [2.45, 2.75) is 0 Å². The van der Waals surface area contributed by atoms with Crippen LogP contribution in [0.5, 0.6) is 0 Å². The van der Waals surface area contributed by atoms with Crippen LogP contribution in [-0.2, 0) is 0 Å². The summed E-state index contributed by atoms with van der Waals surface area (Å²) in [6.45, 7) is 0. The van der Waals surface area contributed by atoms with Crippen LogP contribution < -0.4 is 0 Å². The van der Waals surface area contributed by atoms with Crippen molar-refractivity contribution in [3.05, 3.63) is 152 Å². The Morgan fingerprint density at radius 2 is 0.911 bits per heavy atom. The molecule has 45 heavy (non-hydrogen) atoms. The topological polar surface area (TPSA) is 51.8 Å². The zero-order valence-corrected chi connectivity index (χ0v) is 24.2. The monoisotopic (exact) mass is 575 g/mol. The van der Waals surface area contributed by atoms with Gasteiger partial charge in [-0.15, -0.1) is 0 Å². The molecule has 0 N–H and O–H groups in total. The van der Waals surface area contributed by atoms with E-state index >= 15 is 0 Å². The Morgan fingerprint density at radius 1 is 0.333 bits per heavy atom. The number of para-hydroxylation sites is 1. The molecule has 0 aliphatic rings. The molecule has 9 rings (SSSR count). The van der Waals surface area contributed by atoms with Gasteiger partial charge in [-0.3, -0.25) is 0 Å². The lowest BCUT2D eigenvalue weighted by Crippen LogP contribution is -2.00. The SMILES string of the molecule is c1ccc(-c2nc(-c3ccc4cc(-c5cccc6ccccc56)ccc4c3)nc(-c3ccc4oc5ccccc5c4c3)n2)cc1. The number of hydrogen-bond donors (Lipinski definition) is 0. The van der Waals surface area contributed by atoms with E-state index in [1.54, 1.807) is 0 Å². The fourth-order valence-electron chi connectivity index (χ4n) is 6.25. The van der Waals surface area contributed by atoms with Gasteiger partial charge < -0.3 is 4.42 Å². The molecular weight excluding hydrogens is 550 g/mol. The molecule has 4 nitrogen and oxygen atoms in total. The van der Waals surface area contributed by atoms with E-state index in [0.717, 1.165) is 44.0 Å². The van der Waals surface area contributed by atoms with Gasteiger partial charge in [0.25, 0.3) is 0 Å². The van der Waals surface area contributed by atoms with Gasteiger partial charge in [0.15, 0.2) is 17.5 Å². The molecule has 2 aromatic heterocycles. The summed E-state index contributed by atoms with van der Waals surface area (Å²) in [5, 5.41) is 6.91. The molecule has 210 valence electrons. The van der Waals surface area contributed by atoms with Gasteiger partial charge in [0.2, 0.25) is 0 Å². The second-order valence-corrected chi connectivity index (χ2v) is 11.3. The lowest BCUT2D eigenvalue weighted by Gasteiger charge is -2.11. The maximum Gasteiger partial charge on any atom is 0.164 e. The minimum absolute atomic E-state index is 0.623. The van der Waals surface area contributed by atoms with E-state index in [1.165, 1.54) is 27.3 Å². The Bertz CT molecular complexity index is 2540. The van der Waals surface area contributed by atoms with Gasteiger partial charge in [0.05, 0.1) is 0 Å². The van der Waals surface area contributed by atoms with Gasteiger partial charge in [-0.1, -0.05) is 115 Å². The molecule has 0 radical (unpaired) electrons. The van der Waals surface area contributed by atoms with Crippen molar-refractivity contribution in [2.24, 2.45) is 0 Å². The molecule has 0 atom stereocenters. The molecule has 2 heterocycles. The van der Waals surface area contributed by atoms with Crippen molar-refractivity contribution < 1.29 is 4.42 Å². The molecule has 0 saturated carbocycles. The second-order valence-electron chi connectivity index (χ2n) is 11.3. The molecule has 0 aliphatic carbocycles. The smallest absolute Gasteiger partial charge is 0.164 e. The van der Waals surface area contributed by atoms with E-state index in [2.05, 4.69) is 91.0 Å². The number of aromatic nitrogens is 3. The molecule has 0 saturated heterocycles. The molecular formula is C41H25N3O. The number of benzene rings is 7. The highest BCUT2D eigenvalue weighted by Gasteiger charge is 2.15. The Kier molecular flexibility index (Phi) is 5.78. The van der Waals surface area contributed by atoms with Crippen molar-refractivity contribution in [2.75, 3.05) is 0 Å². The first kappa shape index (κ1) is 25.4. The number of fused-ring (bicyclic) bond motifs is 5. The summed E-state index contributed by atoms with van der Waals surface area (Å²) in [6, 6.07) is 52.4. The third kappa shape index (κ3) is 4.43. The Hall–Kier alpha value is -6.13. The van der Waals surface area contributed by atoms with E-state index in [9.17, 15) is 0 Å². The fraction of sp³-hybridized carbons (Fsp3) is 0. The average Bonchev–Trinajstić information content (AvgIpc) is 3.49. The van der Waals surface area contributed by atoms with Gasteiger partial charge >= 0.3 is 0 Å². The van der Waals surface area contributed by atoms with Crippen LogP contribution in [-0.4, -0.2) is 15.0 Å². The largest absolute Gasteiger partial charge is 0.456 e. The Morgan fingerprint density at radius 3 is 1.73 bits per heavy atom. The number of rotatable bonds is 4. The maximum atomic E-state index is 6.07. The van der Waals surface area contributed by atoms with Crippen molar-refractivity contribution in [3.63, 3.8) is 0 Å².